The molecule has 0 saturated carbocycles. The number of aromatic nitrogens is 3. The highest BCUT2D eigenvalue weighted by atomic mass is 32.2. The second kappa shape index (κ2) is 11.7. The van der Waals surface area contributed by atoms with Crippen molar-refractivity contribution in [3.05, 3.63) is 72.3 Å². The summed E-state index contributed by atoms with van der Waals surface area (Å²) in [5.74, 6) is 9.71. The van der Waals surface area contributed by atoms with E-state index in [0.29, 0.717) is 53.7 Å². The third-order valence-electron chi connectivity index (χ3n) is 8.13. The number of hydrogen-bond acceptors (Lipinski definition) is 8. The fourth-order valence-corrected chi connectivity index (χ4v) is 6.55. The number of aryl methyl sites for hydroxylation is 1. The largest absolute Gasteiger partial charge is 0.493 e. The molecule has 6 rings (SSSR count). The normalized spacial score (nSPS) is 16.8. The van der Waals surface area contributed by atoms with Crippen molar-refractivity contribution in [1.82, 2.24) is 23.7 Å². The summed E-state index contributed by atoms with van der Waals surface area (Å²) in [6.45, 7) is 6.26. The van der Waals surface area contributed by atoms with Crippen LogP contribution in [-0.2, 0) is 17.1 Å². The van der Waals surface area contributed by atoms with Crippen molar-refractivity contribution in [2.75, 3.05) is 39.0 Å². The number of hydrogen-bond donors (Lipinski definition) is 1. The maximum Gasteiger partial charge on any atom is 0.235 e. The second-order valence-corrected chi connectivity index (χ2v) is 12.7. The summed E-state index contributed by atoms with van der Waals surface area (Å²) in [5.41, 5.74) is 8.67. The molecule has 4 heterocycles. The summed E-state index contributed by atoms with van der Waals surface area (Å²) in [6, 6.07) is 17.4. The van der Waals surface area contributed by atoms with Crippen LogP contribution >= 0.6 is 0 Å². The Hall–Kier alpha value is -4.37. The molecule has 2 saturated heterocycles. The lowest BCUT2D eigenvalue weighted by molar-refractivity contribution is 0.0535. The van der Waals surface area contributed by atoms with E-state index in [9.17, 15) is 8.42 Å². The number of rotatable bonds is 7. The van der Waals surface area contributed by atoms with Crippen LogP contribution in [0.15, 0.2) is 66.6 Å². The van der Waals surface area contributed by atoms with E-state index in [2.05, 4.69) is 28.3 Å². The van der Waals surface area contributed by atoms with Crippen LogP contribution in [0.1, 0.15) is 18.5 Å². The molecule has 0 bridgehead atoms. The lowest BCUT2D eigenvalue weighted by Crippen LogP contribution is -2.55. The van der Waals surface area contributed by atoms with Gasteiger partial charge in [0.25, 0.3) is 0 Å². The number of nitrogens with zero attached hydrogens (tertiary/aromatic N) is 5. The zero-order chi connectivity index (χ0) is 30.1. The molecular formula is C32H34N6O4S. The van der Waals surface area contributed by atoms with E-state index < -0.39 is 10.0 Å². The average Bonchev–Trinajstić information content (AvgIpc) is 3.33. The van der Waals surface area contributed by atoms with Gasteiger partial charge in [0.2, 0.25) is 10.0 Å². The van der Waals surface area contributed by atoms with Crippen LogP contribution in [0, 0.1) is 17.8 Å². The first kappa shape index (κ1) is 28.7. The maximum absolute atomic E-state index is 12.0. The minimum Gasteiger partial charge on any atom is -0.493 e. The van der Waals surface area contributed by atoms with Gasteiger partial charge in [-0.1, -0.05) is 30.7 Å². The Balaban J connectivity index is 1.15. The highest BCUT2D eigenvalue weighted by molar-refractivity contribution is 7.92. The third-order valence-corrected chi connectivity index (χ3v) is 9.64. The molecule has 4 aromatic rings. The first-order chi connectivity index (χ1) is 20.8. The van der Waals surface area contributed by atoms with Gasteiger partial charge in [0.1, 0.15) is 17.2 Å². The van der Waals surface area contributed by atoms with E-state index in [0.717, 1.165) is 48.0 Å². The molecule has 0 spiro atoms. The molecule has 2 aliphatic rings. The first-order valence-electron chi connectivity index (χ1n) is 14.2. The maximum atomic E-state index is 12.0. The van der Waals surface area contributed by atoms with E-state index >= 15 is 0 Å². The molecule has 222 valence electrons. The van der Waals surface area contributed by atoms with Gasteiger partial charge in [-0.05, 0) is 55.2 Å². The summed E-state index contributed by atoms with van der Waals surface area (Å²) < 4.78 is 39.1. The van der Waals surface area contributed by atoms with Crippen LogP contribution in [0.3, 0.4) is 0 Å². The molecule has 43 heavy (non-hydrogen) atoms. The Morgan fingerprint density at radius 2 is 1.79 bits per heavy atom. The van der Waals surface area contributed by atoms with Crippen molar-refractivity contribution < 1.29 is 17.9 Å². The molecule has 2 aromatic heterocycles. The van der Waals surface area contributed by atoms with Crippen LogP contribution in [-0.4, -0.2) is 71.5 Å². The minimum atomic E-state index is -3.34. The predicted octanol–water partition coefficient (Wildman–Crippen LogP) is 4.24. The van der Waals surface area contributed by atoms with Gasteiger partial charge in [0.15, 0.2) is 17.3 Å². The number of para-hydroxylation sites is 1. The minimum absolute atomic E-state index is 0.260. The molecule has 0 atom stereocenters. The zero-order valence-corrected chi connectivity index (χ0v) is 25.0. The molecule has 2 fully saturated rings. The highest BCUT2D eigenvalue weighted by Gasteiger charge is 2.35. The Bertz CT molecular complexity index is 1830. The molecule has 2 N–H and O–H groups in total. The van der Waals surface area contributed by atoms with Crippen molar-refractivity contribution in [1.29, 1.82) is 0 Å². The number of methoxy groups -OCH3 is 1. The van der Waals surface area contributed by atoms with Crippen molar-refractivity contribution in [3.63, 3.8) is 0 Å². The predicted molar refractivity (Wildman–Crippen MR) is 167 cm³/mol. The molecule has 0 aliphatic carbocycles. The summed E-state index contributed by atoms with van der Waals surface area (Å²) in [7, 11) is 0.187. The molecule has 11 heteroatoms. The van der Waals surface area contributed by atoms with Gasteiger partial charge >= 0.3 is 0 Å². The number of nitrogens with two attached hydrogens (primary N) is 1. The SMILES string of the molecule is C=CS(=O)(=O)N1CCC(N2CC(C#Cc3cc4c(N)nc(-c5ccc(Oc6ccccc6)c(OC)c5)nc4n3C)C2)CC1. The van der Waals surface area contributed by atoms with Gasteiger partial charge in [-0.2, -0.15) is 4.31 Å². The number of piperidine rings is 1. The Labute approximate surface area is 251 Å². The average molecular weight is 599 g/mol. The summed E-state index contributed by atoms with van der Waals surface area (Å²) in [6.07, 6.45) is 1.65. The summed E-state index contributed by atoms with van der Waals surface area (Å²) >= 11 is 0. The second-order valence-electron chi connectivity index (χ2n) is 10.8. The topological polar surface area (TPSA) is 116 Å². The zero-order valence-electron chi connectivity index (χ0n) is 24.2. The third kappa shape index (κ3) is 5.82. The number of anilines is 1. The van der Waals surface area contributed by atoms with E-state index in [4.69, 9.17) is 20.2 Å². The van der Waals surface area contributed by atoms with Gasteiger partial charge in [-0.25, -0.2) is 18.4 Å². The lowest BCUT2D eigenvalue weighted by atomic mass is 9.94. The molecule has 2 aromatic carbocycles. The molecule has 0 unspecified atom stereocenters. The number of benzene rings is 2. The quantitative estimate of drug-likeness (QED) is 0.314. The summed E-state index contributed by atoms with van der Waals surface area (Å²) in [4.78, 5) is 11.8. The van der Waals surface area contributed by atoms with Crippen LogP contribution in [0.2, 0.25) is 0 Å². The monoisotopic (exact) mass is 598 g/mol. The first-order valence-corrected chi connectivity index (χ1v) is 15.7. The van der Waals surface area contributed by atoms with E-state index in [1.165, 1.54) is 4.31 Å². The van der Waals surface area contributed by atoms with Crippen molar-refractivity contribution in [2.45, 2.75) is 18.9 Å². The highest BCUT2D eigenvalue weighted by Crippen LogP contribution is 2.35. The van der Waals surface area contributed by atoms with Gasteiger partial charge in [0.05, 0.1) is 18.2 Å². The van der Waals surface area contributed by atoms with Gasteiger partial charge in [-0.3, -0.25) is 4.90 Å². The van der Waals surface area contributed by atoms with Crippen LogP contribution < -0.4 is 15.2 Å². The number of fused-ring (bicyclic) bond motifs is 1. The van der Waals surface area contributed by atoms with E-state index in [1.54, 1.807) is 7.11 Å². The fraction of sp³-hybridized carbons (Fsp3) is 0.312. The molecule has 0 radical (unpaired) electrons. The molecule has 10 nitrogen and oxygen atoms in total. The van der Waals surface area contributed by atoms with Crippen molar-refractivity contribution in [3.8, 4) is 40.5 Å². The van der Waals surface area contributed by atoms with Crippen LogP contribution in [0.4, 0.5) is 5.82 Å². The fourth-order valence-electron chi connectivity index (χ4n) is 5.62. The number of nitrogen functional groups attached to an aromatic ring is 1. The molecule has 2 aliphatic heterocycles. The number of likely N-dealkylation sites (tertiary alicyclic amines) is 1. The van der Waals surface area contributed by atoms with E-state index in [-0.39, 0.29) is 5.92 Å². The van der Waals surface area contributed by atoms with Gasteiger partial charge in [0, 0.05) is 56.2 Å². The number of sulfonamides is 1. The van der Waals surface area contributed by atoms with Crippen molar-refractivity contribution >= 4 is 26.9 Å². The standard InChI is InChI=1S/C32H34N6O4S/c1-4-43(39,40)38-16-14-24(15-17-38)37-20-22(21-37)10-12-25-19-27-30(33)34-31(35-32(27)36(25)2)23-11-13-28(29(18-23)41-3)42-26-8-6-5-7-9-26/h4-9,11,13,18-19,22,24H,1,14-17,20-21H2,2-3H3,(H2,33,34,35). The van der Waals surface area contributed by atoms with E-state index in [1.807, 2.05) is 66.2 Å². The van der Waals surface area contributed by atoms with Gasteiger partial charge < -0.3 is 19.8 Å². The Morgan fingerprint density at radius 3 is 2.49 bits per heavy atom. The van der Waals surface area contributed by atoms with Crippen LogP contribution in [0.5, 0.6) is 17.2 Å². The Kier molecular flexibility index (Phi) is 7.83. The van der Waals surface area contributed by atoms with Gasteiger partial charge in [-0.15, -0.1) is 0 Å². The molecular weight excluding hydrogens is 564 g/mol. The van der Waals surface area contributed by atoms with Crippen molar-refractivity contribution in [2.24, 2.45) is 13.0 Å². The molecule has 0 amide bonds. The van der Waals surface area contributed by atoms with Crippen LogP contribution in [0.25, 0.3) is 22.4 Å². The number of ether oxygens (including phenoxy) is 2. The Morgan fingerprint density at radius 1 is 1.05 bits per heavy atom. The lowest BCUT2D eigenvalue weighted by Gasteiger charge is -2.45. The summed E-state index contributed by atoms with van der Waals surface area (Å²) in [5, 5.41) is 1.79. The smallest absolute Gasteiger partial charge is 0.235 e.